The maximum atomic E-state index is 13.5. The summed E-state index contributed by atoms with van der Waals surface area (Å²) >= 11 is 2.71. The van der Waals surface area contributed by atoms with Gasteiger partial charge in [-0.1, -0.05) is 60.3 Å². The molecule has 2 aromatic carbocycles. The van der Waals surface area contributed by atoms with E-state index < -0.39 is 0 Å². The molecule has 34 heavy (non-hydrogen) atoms. The Balaban J connectivity index is 1.37. The number of aromatic amines is 1. The molecule has 0 aliphatic carbocycles. The van der Waals surface area contributed by atoms with E-state index in [0.717, 1.165) is 33.5 Å². The molecule has 6 nitrogen and oxygen atoms in total. The van der Waals surface area contributed by atoms with Gasteiger partial charge in [-0.05, 0) is 29.1 Å². The summed E-state index contributed by atoms with van der Waals surface area (Å²) in [6.45, 7) is 0. The number of thioether (sulfide) groups is 1. The van der Waals surface area contributed by atoms with Gasteiger partial charge < -0.3 is 4.98 Å². The largest absolute Gasteiger partial charge is 0.301 e. The Bertz CT molecular complexity index is 1390. The first-order valence-electron chi connectivity index (χ1n) is 10.6. The first-order chi connectivity index (χ1) is 16.6. The molecule has 0 saturated heterocycles. The Kier molecular flexibility index (Phi) is 6.37. The van der Waals surface area contributed by atoms with Crippen LogP contribution in [-0.4, -0.2) is 32.3 Å². The molecular formula is C25H19FN4O2S2. The van der Waals surface area contributed by atoms with Crippen LogP contribution >= 0.6 is 23.1 Å². The zero-order valence-corrected chi connectivity index (χ0v) is 19.5. The summed E-state index contributed by atoms with van der Waals surface area (Å²) in [5.74, 6) is -0.512. The Morgan fingerprint density at radius 1 is 1.12 bits per heavy atom. The minimum absolute atomic E-state index is 0.0418. The van der Waals surface area contributed by atoms with Gasteiger partial charge in [-0.15, -0.1) is 11.3 Å². The summed E-state index contributed by atoms with van der Waals surface area (Å²) in [5.41, 5.74) is 2.71. The fraction of sp³-hybridized carbons (Fsp3) is 0.120. The van der Waals surface area contributed by atoms with Crippen molar-refractivity contribution >= 4 is 34.7 Å². The van der Waals surface area contributed by atoms with Crippen LogP contribution < -0.4 is 5.56 Å². The Morgan fingerprint density at radius 2 is 1.91 bits per heavy atom. The van der Waals surface area contributed by atoms with Crippen molar-refractivity contribution in [3.05, 3.63) is 105 Å². The Hall–Kier alpha value is -3.56. The maximum absolute atomic E-state index is 13.5. The van der Waals surface area contributed by atoms with E-state index in [4.69, 9.17) is 0 Å². The standard InChI is InChI=1S/C25H19FN4O2S2/c26-18-10-8-17(9-11-18)21-13-20(22-7-4-12-33-22)29-30(21)24(32)15-34-25-27-19(14-23(31)28-25)16-5-2-1-3-6-16/h1-12,14,21H,13,15H2,(H,27,28,31)/t21-/m0/s1. The first-order valence-corrected chi connectivity index (χ1v) is 12.4. The second-order valence-corrected chi connectivity index (χ2v) is 9.54. The van der Waals surface area contributed by atoms with Crippen LogP contribution in [0, 0.1) is 5.82 Å². The summed E-state index contributed by atoms with van der Waals surface area (Å²) in [5, 5.41) is 8.41. The highest BCUT2D eigenvalue weighted by atomic mass is 32.2. The molecule has 170 valence electrons. The minimum atomic E-state index is -0.331. The first kappa shape index (κ1) is 22.2. The van der Waals surface area contributed by atoms with E-state index in [9.17, 15) is 14.0 Å². The van der Waals surface area contributed by atoms with Gasteiger partial charge >= 0.3 is 0 Å². The van der Waals surface area contributed by atoms with Gasteiger partial charge in [0.2, 0.25) is 0 Å². The fourth-order valence-corrected chi connectivity index (χ4v) is 5.18. The lowest BCUT2D eigenvalue weighted by molar-refractivity contribution is -0.130. The molecule has 0 radical (unpaired) electrons. The van der Waals surface area contributed by atoms with E-state index in [1.165, 1.54) is 23.2 Å². The van der Waals surface area contributed by atoms with Crippen molar-refractivity contribution in [1.82, 2.24) is 15.0 Å². The number of hydrogen-bond donors (Lipinski definition) is 1. The van der Waals surface area contributed by atoms with E-state index in [2.05, 4.69) is 15.1 Å². The quantitative estimate of drug-likeness (QED) is 0.301. The van der Waals surface area contributed by atoms with E-state index in [1.54, 1.807) is 23.5 Å². The van der Waals surface area contributed by atoms with Crippen molar-refractivity contribution in [1.29, 1.82) is 0 Å². The molecule has 0 spiro atoms. The number of carbonyl (C=O) groups excluding carboxylic acids is 1. The number of nitrogens with zero attached hydrogens (tertiary/aromatic N) is 3. The number of carbonyl (C=O) groups is 1. The van der Waals surface area contributed by atoms with Gasteiger partial charge in [-0.3, -0.25) is 9.59 Å². The molecule has 1 N–H and O–H groups in total. The van der Waals surface area contributed by atoms with Gasteiger partial charge in [0, 0.05) is 18.1 Å². The molecule has 5 rings (SSSR count). The number of H-pyrrole nitrogens is 1. The van der Waals surface area contributed by atoms with Crippen molar-refractivity contribution in [3.63, 3.8) is 0 Å². The number of amides is 1. The van der Waals surface area contributed by atoms with E-state index >= 15 is 0 Å². The van der Waals surface area contributed by atoms with Gasteiger partial charge in [0.1, 0.15) is 5.82 Å². The van der Waals surface area contributed by atoms with Crippen molar-refractivity contribution in [2.45, 2.75) is 17.6 Å². The van der Waals surface area contributed by atoms with Gasteiger partial charge in [-0.25, -0.2) is 14.4 Å². The fourth-order valence-electron chi connectivity index (χ4n) is 3.73. The number of hydrazone groups is 1. The van der Waals surface area contributed by atoms with Crippen LogP contribution in [0.1, 0.15) is 22.9 Å². The summed E-state index contributed by atoms with van der Waals surface area (Å²) in [4.78, 5) is 33.6. The third kappa shape index (κ3) is 4.85. The van der Waals surface area contributed by atoms with Crippen LogP contribution in [0.5, 0.6) is 0 Å². The Labute approximate surface area is 203 Å². The summed E-state index contributed by atoms with van der Waals surface area (Å²) in [6.07, 6.45) is 0.543. The number of benzene rings is 2. The molecular weight excluding hydrogens is 471 g/mol. The lowest BCUT2D eigenvalue weighted by Gasteiger charge is -2.22. The van der Waals surface area contributed by atoms with Gasteiger partial charge in [0.05, 0.1) is 28.1 Å². The van der Waals surface area contributed by atoms with Gasteiger partial charge in [-0.2, -0.15) is 5.10 Å². The number of aromatic nitrogens is 2. The molecule has 0 fully saturated rings. The molecule has 0 unspecified atom stereocenters. The highest BCUT2D eigenvalue weighted by Gasteiger charge is 2.33. The SMILES string of the molecule is O=C(CSc1nc(-c2ccccc2)cc(=O)[nH]1)N1N=C(c2cccs2)C[C@H]1c1ccc(F)cc1. The normalized spacial score (nSPS) is 15.4. The highest BCUT2D eigenvalue weighted by Crippen LogP contribution is 2.34. The second-order valence-electron chi connectivity index (χ2n) is 7.62. The molecule has 1 aliphatic rings. The number of hydrogen-bond acceptors (Lipinski definition) is 6. The van der Waals surface area contributed by atoms with Crippen LogP contribution in [0.2, 0.25) is 0 Å². The van der Waals surface area contributed by atoms with Crippen LogP contribution in [0.15, 0.2) is 93.2 Å². The molecule has 1 amide bonds. The zero-order chi connectivity index (χ0) is 23.5. The number of halogens is 1. The Morgan fingerprint density at radius 3 is 2.65 bits per heavy atom. The van der Waals surface area contributed by atoms with Crippen LogP contribution in [0.25, 0.3) is 11.3 Å². The lowest BCUT2D eigenvalue weighted by atomic mass is 10.0. The zero-order valence-electron chi connectivity index (χ0n) is 17.8. The summed E-state index contributed by atoms with van der Waals surface area (Å²) in [6, 6.07) is 20.6. The average molecular weight is 491 g/mol. The van der Waals surface area contributed by atoms with Gasteiger partial charge in [0.25, 0.3) is 11.5 Å². The molecule has 0 saturated carbocycles. The smallest absolute Gasteiger partial charge is 0.253 e. The predicted octanol–water partition coefficient (Wildman–Crippen LogP) is 5.11. The monoisotopic (exact) mass is 490 g/mol. The second kappa shape index (κ2) is 9.74. The minimum Gasteiger partial charge on any atom is -0.301 e. The molecule has 0 bridgehead atoms. The van der Waals surface area contributed by atoms with Crippen molar-refractivity contribution in [2.75, 3.05) is 5.75 Å². The van der Waals surface area contributed by atoms with E-state index in [1.807, 2.05) is 47.8 Å². The molecule has 1 atom stereocenters. The van der Waals surface area contributed by atoms with E-state index in [-0.39, 0.29) is 29.1 Å². The van der Waals surface area contributed by atoms with Gasteiger partial charge in [0.15, 0.2) is 5.16 Å². The van der Waals surface area contributed by atoms with Crippen molar-refractivity contribution in [2.24, 2.45) is 5.10 Å². The molecule has 1 aliphatic heterocycles. The third-order valence-corrected chi connectivity index (χ3v) is 7.13. The van der Waals surface area contributed by atoms with Crippen LogP contribution in [-0.2, 0) is 4.79 Å². The average Bonchev–Trinajstić information content (AvgIpc) is 3.54. The predicted molar refractivity (Wildman–Crippen MR) is 132 cm³/mol. The summed E-state index contributed by atoms with van der Waals surface area (Å²) in [7, 11) is 0. The summed E-state index contributed by atoms with van der Waals surface area (Å²) < 4.78 is 13.5. The third-order valence-electron chi connectivity index (χ3n) is 5.35. The molecule has 4 aromatic rings. The number of rotatable bonds is 6. The lowest BCUT2D eigenvalue weighted by Crippen LogP contribution is -2.28. The van der Waals surface area contributed by atoms with Crippen molar-refractivity contribution in [3.8, 4) is 11.3 Å². The topological polar surface area (TPSA) is 78.4 Å². The molecule has 9 heteroatoms. The molecule has 3 heterocycles. The van der Waals surface area contributed by atoms with Crippen molar-refractivity contribution < 1.29 is 9.18 Å². The highest BCUT2D eigenvalue weighted by molar-refractivity contribution is 7.99. The molecule has 2 aromatic heterocycles. The van der Waals surface area contributed by atoms with E-state index in [0.29, 0.717) is 17.3 Å². The van der Waals surface area contributed by atoms with Crippen LogP contribution in [0.3, 0.4) is 0 Å². The number of thiophene rings is 1. The van der Waals surface area contributed by atoms with Crippen LogP contribution in [0.4, 0.5) is 4.39 Å². The maximum Gasteiger partial charge on any atom is 0.253 e. The number of nitrogens with one attached hydrogen (secondary N) is 1.